The van der Waals surface area contributed by atoms with Gasteiger partial charge in [0.15, 0.2) is 0 Å². The number of nitrogens with zero attached hydrogens (tertiary/aromatic N) is 1. The Balaban J connectivity index is 1.19. The van der Waals surface area contributed by atoms with Gasteiger partial charge in [-0.15, -0.1) is 0 Å². The fraction of sp³-hybridized carbons (Fsp3) is 0.0690. The molecule has 0 amide bonds. The average molecular weight is 444 g/mol. The van der Waals surface area contributed by atoms with Crippen LogP contribution in [0.1, 0.15) is 5.56 Å². The van der Waals surface area contributed by atoms with Crippen LogP contribution in [0.25, 0.3) is 33.3 Å². The predicted molar refractivity (Wildman–Crippen MR) is 143 cm³/mol. The Morgan fingerprint density at radius 2 is 1.32 bits per heavy atom. The molecule has 34 heavy (non-hydrogen) atoms. The largest absolute Gasteiger partial charge is 0.399 e. The zero-order valence-electron chi connectivity index (χ0n) is 18.7. The van der Waals surface area contributed by atoms with Crippen LogP contribution in [0.5, 0.6) is 0 Å². The summed E-state index contributed by atoms with van der Waals surface area (Å²) in [7, 11) is 0. The quantitative estimate of drug-likeness (QED) is 0.245. The highest BCUT2D eigenvalue weighted by atomic mass is 15.1. The molecular formula is C29H25N5. The van der Waals surface area contributed by atoms with Crippen LogP contribution in [-0.4, -0.2) is 23.9 Å². The molecule has 0 saturated heterocycles. The number of aliphatic imine (C=N–C) groups is 1. The van der Waals surface area contributed by atoms with Gasteiger partial charge in [0.1, 0.15) is 5.84 Å². The number of aromatic amines is 1. The molecule has 5 heteroatoms. The molecule has 4 aromatic carbocycles. The van der Waals surface area contributed by atoms with Crippen molar-refractivity contribution in [2.45, 2.75) is 0 Å². The van der Waals surface area contributed by atoms with Crippen LogP contribution in [-0.2, 0) is 0 Å². The van der Waals surface area contributed by atoms with E-state index in [1.54, 1.807) is 0 Å². The summed E-state index contributed by atoms with van der Waals surface area (Å²) in [4.78, 5) is 8.05. The van der Waals surface area contributed by atoms with Gasteiger partial charge >= 0.3 is 0 Å². The molecule has 6 rings (SSSR count). The number of nitrogens with one attached hydrogen (secondary N) is 3. The maximum absolute atomic E-state index is 5.83. The van der Waals surface area contributed by atoms with Gasteiger partial charge in [0.05, 0.1) is 6.54 Å². The number of rotatable bonds is 5. The minimum Gasteiger partial charge on any atom is -0.399 e. The summed E-state index contributed by atoms with van der Waals surface area (Å²) in [6.07, 6.45) is 0. The molecule has 1 aliphatic heterocycles. The summed E-state index contributed by atoms with van der Waals surface area (Å²) in [5.74, 6) is 0.981. The van der Waals surface area contributed by atoms with Gasteiger partial charge in [-0.3, -0.25) is 4.99 Å². The molecule has 0 atom stereocenters. The topological polar surface area (TPSA) is 78.2 Å². The molecule has 0 unspecified atom stereocenters. The summed E-state index contributed by atoms with van der Waals surface area (Å²) in [6, 6.07) is 33.5. The number of nitrogens with two attached hydrogens (primary N) is 1. The first-order valence-electron chi connectivity index (χ1n) is 11.5. The van der Waals surface area contributed by atoms with Gasteiger partial charge in [0.25, 0.3) is 0 Å². The highest BCUT2D eigenvalue weighted by Crippen LogP contribution is 2.30. The molecule has 1 aliphatic rings. The highest BCUT2D eigenvalue weighted by molar-refractivity contribution is 6.00. The van der Waals surface area contributed by atoms with Crippen LogP contribution < -0.4 is 16.4 Å². The lowest BCUT2D eigenvalue weighted by Crippen LogP contribution is -2.19. The van der Waals surface area contributed by atoms with E-state index in [1.165, 1.54) is 10.9 Å². The fourth-order valence-electron chi connectivity index (χ4n) is 4.34. The SMILES string of the molecule is Nc1ccc(-c2ccc3cc(-c4ccc(Nc5ccc(C6=NCCN6)cc5)cc4)[nH]c3c2)cc1. The third-order valence-corrected chi connectivity index (χ3v) is 6.18. The van der Waals surface area contributed by atoms with Gasteiger partial charge in [-0.25, -0.2) is 0 Å². The fourth-order valence-corrected chi connectivity index (χ4v) is 4.34. The first kappa shape index (κ1) is 20.1. The van der Waals surface area contributed by atoms with Crippen LogP contribution in [0.4, 0.5) is 17.1 Å². The molecule has 0 saturated carbocycles. The van der Waals surface area contributed by atoms with Gasteiger partial charge < -0.3 is 21.4 Å². The number of benzene rings is 4. The zero-order valence-corrected chi connectivity index (χ0v) is 18.7. The van der Waals surface area contributed by atoms with E-state index in [1.807, 2.05) is 12.1 Å². The Kier molecular flexibility index (Phi) is 5.00. The summed E-state index contributed by atoms with van der Waals surface area (Å²) in [5.41, 5.74) is 15.5. The Morgan fingerprint density at radius 3 is 2.00 bits per heavy atom. The minimum absolute atomic E-state index is 0.776. The first-order valence-corrected chi connectivity index (χ1v) is 11.5. The summed E-state index contributed by atoms with van der Waals surface area (Å²) in [5, 5.41) is 7.98. The van der Waals surface area contributed by atoms with Crippen molar-refractivity contribution < 1.29 is 0 Å². The second-order valence-corrected chi connectivity index (χ2v) is 8.54. The minimum atomic E-state index is 0.776. The van der Waals surface area contributed by atoms with Crippen LogP contribution in [0.3, 0.4) is 0 Å². The molecule has 5 aromatic rings. The zero-order chi connectivity index (χ0) is 22.9. The third kappa shape index (κ3) is 3.99. The summed E-state index contributed by atoms with van der Waals surface area (Å²) in [6.45, 7) is 1.77. The van der Waals surface area contributed by atoms with Crippen molar-refractivity contribution in [1.82, 2.24) is 10.3 Å². The number of fused-ring (bicyclic) bond motifs is 1. The van der Waals surface area contributed by atoms with Crippen molar-refractivity contribution in [2.75, 3.05) is 24.1 Å². The molecular weight excluding hydrogens is 418 g/mol. The van der Waals surface area contributed by atoms with Crippen molar-refractivity contribution in [3.63, 3.8) is 0 Å². The van der Waals surface area contributed by atoms with E-state index in [-0.39, 0.29) is 0 Å². The maximum Gasteiger partial charge on any atom is 0.128 e. The number of hydrogen-bond donors (Lipinski definition) is 4. The molecule has 5 N–H and O–H groups in total. The number of H-pyrrole nitrogens is 1. The molecule has 0 aliphatic carbocycles. The molecule has 1 aromatic heterocycles. The molecule has 0 radical (unpaired) electrons. The second-order valence-electron chi connectivity index (χ2n) is 8.54. The number of amidine groups is 1. The van der Waals surface area contributed by atoms with Gasteiger partial charge in [0.2, 0.25) is 0 Å². The molecule has 0 spiro atoms. The first-order chi connectivity index (χ1) is 16.7. The smallest absolute Gasteiger partial charge is 0.128 e. The number of hydrogen-bond acceptors (Lipinski definition) is 4. The van der Waals surface area contributed by atoms with Crippen molar-refractivity contribution >= 4 is 33.8 Å². The van der Waals surface area contributed by atoms with E-state index in [9.17, 15) is 0 Å². The number of anilines is 3. The van der Waals surface area contributed by atoms with Crippen molar-refractivity contribution in [3.05, 3.63) is 103 Å². The Morgan fingerprint density at radius 1 is 0.676 bits per heavy atom. The van der Waals surface area contributed by atoms with E-state index in [0.29, 0.717) is 0 Å². The van der Waals surface area contributed by atoms with Crippen LogP contribution in [0.2, 0.25) is 0 Å². The lowest BCUT2D eigenvalue weighted by molar-refractivity contribution is 0.960. The summed E-state index contributed by atoms with van der Waals surface area (Å²) < 4.78 is 0. The van der Waals surface area contributed by atoms with Crippen molar-refractivity contribution in [2.24, 2.45) is 4.99 Å². The third-order valence-electron chi connectivity index (χ3n) is 6.18. The summed E-state index contributed by atoms with van der Waals surface area (Å²) >= 11 is 0. The highest BCUT2D eigenvalue weighted by Gasteiger charge is 2.08. The standard InChI is InChI=1S/C29H25N5/c30-24-9-3-19(4-10-24)22-1-2-23-18-27(34-28(23)17-22)20-5-11-25(12-6-20)33-26-13-7-21(8-14-26)29-31-15-16-32-29/h1-14,17-18,33-34H,15-16,30H2,(H,31,32). The number of aromatic nitrogens is 1. The average Bonchev–Trinajstić information content (AvgIpc) is 3.55. The van der Waals surface area contributed by atoms with E-state index in [4.69, 9.17) is 5.73 Å². The molecule has 166 valence electrons. The molecule has 2 heterocycles. The van der Waals surface area contributed by atoms with E-state index in [2.05, 4.69) is 106 Å². The lowest BCUT2D eigenvalue weighted by atomic mass is 10.0. The predicted octanol–water partition coefficient (Wildman–Crippen LogP) is 6.18. The van der Waals surface area contributed by atoms with E-state index in [0.717, 1.165) is 63.9 Å². The van der Waals surface area contributed by atoms with Gasteiger partial charge in [-0.2, -0.15) is 0 Å². The second kappa shape index (κ2) is 8.45. The lowest BCUT2D eigenvalue weighted by Gasteiger charge is -2.09. The normalized spacial score (nSPS) is 13.0. The Labute approximate surface area is 198 Å². The number of nitrogen functional groups attached to an aromatic ring is 1. The Hall–Kier alpha value is -4.51. The van der Waals surface area contributed by atoms with Crippen molar-refractivity contribution in [1.29, 1.82) is 0 Å². The maximum atomic E-state index is 5.83. The Bertz CT molecular complexity index is 1480. The van der Waals surface area contributed by atoms with Crippen molar-refractivity contribution in [3.8, 4) is 22.4 Å². The van der Waals surface area contributed by atoms with Crippen LogP contribution in [0, 0.1) is 0 Å². The molecule has 0 bridgehead atoms. The van der Waals surface area contributed by atoms with Crippen LogP contribution in [0.15, 0.2) is 102 Å². The molecule has 5 nitrogen and oxygen atoms in total. The van der Waals surface area contributed by atoms with Gasteiger partial charge in [0, 0.05) is 45.8 Å². The van der Waals surface area contributed by atoms with Gasteiger partial charge in [-0.05, 0) is 77.4 Å². The molecule has 0 fully saturated rings. The van der Waals surface area contributed by atoms with Gasteiger partial charge in [-0.1, -0.05) is 36.4 Å². The van der Waals surface area contributed by atoms with Crippen LogP contribution >= 0.6 is 0 Å². The van der Waals surface area contributed by atoms with E-state index >= 15 is 0 Å². The monoisotopic (exact) mass is 443 g/mol. The van der Waals surface area contributed by atoms with E-state index < -0.39 is 0 Å².